The summed E-state index contributed by atoms with van der Waals surface area (Å²) >= 11 is 0. The van der Waals surface area contributed by atoms with Crippen molar-refractivity contribution in [2.24, 2.45) is 0 Å². The van der Waals surface area contributed by atoms with Crippen LogP contribution >= 0.6 is 0 Å². The van der Waals surface area contributed by atoms with Crippen LogP contribution in [0, 0.1) is 6.92 Å². The smallest absolute Gasteiger partial charge is 0.159 e. The van der Waals surface area contributed by atoms with Crippen LogP contribution < -0.4 is 10.1 Å². The average molecular weight is 241 g/mol. The van der Waals surface area contributed by atoms with E-state index in [-0.39, 0.29) is 0 Å². The maximum Gasteiger partial charge on any atom is 0.159 e. The van der Waals surface area contributed by atoms with Gasteiger partial charge in [0, 0.05) is 29.9 Å². The normalized spacial score (nSPS) is 13.4. The second kappa shape index (κ2) is 4.38. The molecular weight excluding hydrogens is 226 g/mol. The molecule has 18 heavy (non-hydrogen) atoms. The fraction of sp³-hybridized carbons (Fsp3) is 0.286. The number of nitrogens with zero attached hydrogens (tertiary/aromatic N) is 2. The van der Waals surface area contributed by atoms with Crippen LogP contribution in [0.1, 0.15) is 17.0 Å². The van der Waals surface area contributed by atoms with E-state index >= 15 is 0 Å². The highest BCUT2D eigenvalue weighted by Gasteiger charge is 2.16. The monoisotopic (exact) mass is 241 g/mol. The topological polar surface area (TPSA) is 47.0 Å². The fourth-order valence-electron chi connectivity index (χ4n) is 2.21. The first-order valence-corrected chi connectivity index (χ1v) is 5.99. The van der Waals surface area contributed by atoms with E-state index in [0.29, 0.717) is 0 Å². The van der Waals surface area contributed by atoms with Crippen molar-refractivity contribution in [2.75, 3.05) is 7.11 Å². The van der Waals surface area contributed by atoms with Crippen molar-refractivity contribution in [1.29, 1.82) is 0 Å². The van der Waals surface area contributed by atoms with Gasteiger partial charge in [0.2, 0.25) is 0 Å². The quantitative estimate of drug-likeness (QED) is 0.874. The summed E-state index contributed by atoms with van der Waals surface area (Å²) in [4.78, 5) is 9.20. The minimum Gasteiger partial charge on any atom is -0.497 e. The molecule has 2 aromatic rings. The molecule has 2 heterocycles. The zero-order valence-corrected chi connectivity index (χ0v) is 10.5. The molecule has 1 aliphatic rings. The summed E-state index contributed by atoms with van der Waals surface area (Å²) in [6.45, 7) is 3.76. The number of aromatic nitrogens is 2. The van der Waals surface area contributed by atoms with E-state index in [2.05, 4.69) is 15.3 Å². The van der Waals surface area contributed by atoms with E-state index in [1.54, 1.807) is 7.11 Å². The second-order valence-electron chi connectivity index (χ2n) is 4.39. The van der Waals surface area contributed by atoms with Gasteiger partial charge in [-0.25, -0.2) is 9.97 Å². The number of methoxy groups -OCH3 is 1. The van der Waals surface area contributed by atoms with Gasteiger partial charge in [-0.05, 0) is 31.2 Å². The van der Waals surface area contributed by atoms with Crippen molar-refractivity contribution in [3.8, 4) is 17.1 Å². The first-order valence-electron chi connectivity index (χ1n) is 5.99. The van der Waals surface area contributed by atoms with E-state index in [4.69, 9.17) is 4.74 Å². The Morgan fingerprint density at radius 2 is 1.89 bits per heavy atom. The molecule has 0 amide bonds. The van der Waals surface area contributed by atoms with Crippen LogP contribution in [0.3, 0.4) is 0 Å². The molecule has 92 valence electrons. The predicted molar refractivity (Wildman–Crippen MR) is 69.3 cm³/mol. The molecule has 0 bridgehead atoms. The molecule has 0 radical (unpaired) electrons. The van der Waals surface area contributed by atoms with Crippen LogP contribution in [0.4, 0.5) is 0 Å². The van der Waals surface area contributed by atoms with Gasteiger partial charge in [0.25, 0.3) is 0 Å². The Morgan fingerprint density at radius 1 is 1.11 bits per heavy atom. The molecule has 0 aliphatic carbocycles. The van der Waals surface area contributed by atoms with E-state index in [9.17, 15) is 0 Å². The first kappa shape index (κ1) is 11.2. The molecule has 1 aromatic carbocycles. The molecular formula is C14H15N3O. The Kier molecular flexibility index (Phi) is 2.72. The van der Waals surface area contributed by atoms with Crippen LogP contribution in [0.5, 0.6) is 5.75 Å². The lowest BCUT2D eigenvalue weighted by atomic mass is 10.1. The summed E-state index contributed by atoms with van der Waals surface area (Å²) in [5.74, 6) is 1.64. The lowest BCUT2D eigenvalue weighted by molar-refractivity contribution is 0.415. The minimum atomic E-state index is 0.789. The molecule has 4 nitrogen and oxygen atoms in total. The molecule has 1 aliphatic heterocycles. The van der Waals surface area contributed by atoms with E-state index in [1.165, 1.54) is 5.56 Å². The molecule has 1 N–H and O–H groups in total. The third-order valence-corrected chi connectivity index (χ3v) is 3.24. The van der Waals surface area contributed by atoms with Crippen LogP contribution in [-0.4, -0.2) is 17.1 Å². The van der Waals surface area contributed by atoms with Crippen LogP contribution in [0.2, 0.25) is 0 Å². The number of benzene rings is 1. The summed E-state index contributed by atoms with van der Waals surface area (Å²) in [6.07, 6.45) is 0. The molecule has 1 aromatic heterocycles. The minimum absolute atomic E-state index is 0.789. The lowest BCUT2D eigenvalue weighted by Gasteiger charge is -2.07. The van der Waals surface area contributed by atoms with Gasteiger partial charge in [0.05, 0.1) is 12.8 Å². The van der Waals surface area contributed by atoms with Crippen molar-refractivity contribution in [1.82, 2.24) is 15.3 Å². The number of rotatable bonds is 2. The summed E-state index contributed by atoms with van der Waals surface area (Å²) < 4.78 is 5.15. The SMILES string of the molecule is COc1ccc(-c2nc(C)c3c(n2)CNC3)cc1. The van der Waals surface area contributed by atoms with Gasteiger partial charge < -0.3 is 10.1 Å². The molecule has 0 atom stereocenters. The Bertz CT molecular complexity index is 578. The maximum absolute atomic E-state index is 5.15. The van der Waals surface area contributed by atoms with Gasteiger partial charge in [-0.3, -0.25) is 0 Å². The van der Waals surface area contributed by atoms with Crippen molar-refractivity contribution >= 4 is 0 Å². The third-order valence-electron chi connectivity index (χ3n) is 3.24. The number of nitrogens with one attached hydrogen (secondary N) is 1. The Hall–Kier alpha value is -1.94. The highest BCUT2D eigenvalue weighted by molar-refractivity contribution is 5.57. The van der Waals surface area contributed by atoms with Crippen LogP contribution in [0.15, 0.2) is 24.3 Å². The molecule has 0 saturated heterocycles. The van der Waals surface area contributed by atoms with Crippen LogP contribution in [-0.2, 0) is 13.1 Å². The van der Waals surface area contributed by atoms with Crippen molar-refractivity contribution in [3.05, 3.63) is 41.2 Å². The summed E-state index contributed by atoms with van der Waals surface area (Å²) in [5, 5.41) is 3.30. The largest absolute Gasteiger partial charge is 0.497 e. The van der Waals surface area contributed by atoms with Gasteiger partial charge in [0.15, 0.2) is 5.82 Å². The van der Waals surface area contributed by atoms with Gasteiger partial charge in [-0.1, -0.05) is 0 Å². The third kappa shape index (κ3) is 1.84. The first-order chi connectivity index (χ1) is 8.78. The van der Waals surface area contributed by atoms with Gasteiger partial charge >= 0.3 is 0 Å². The van der Waals surface area contributed by atoms with Crippen molar-refractivity contribution < 1.29 is 4.74 Å². The maximum atomic E-state index is 5.15. The molecule has 3 rings (SSSR count). The van der Waals surface area contributed by atoms with E-state index in [0.717, 1.165) is 41.6 Å². The number of aryl methyl sites for hydroxylation is 1. The van der Waals surface area contributed by atoms with Gasteiger partial charge in [0.1, 0.15) is 5.75 Å². The highest BCUT2D eigenvalue weighted by atomic mass is 16.5. The number of hydrogen-bond donors (Lipinski definition) is 1. The summed E-state index contributed by atoms with van der Waals surface area (Å²) in [7, 11) is 1.66. The van der Waals surface area contributed by atoms with Gasteiger partial charge in [-0.2, -0.15) is 0 Å². The number of ether oxygens (including phenoxy) is 1. The fourth-order valence-corrected chi connectivity index (χ4v) is 2.21. The van der Waals surface area contributed by atoms with E-state index < -0.39 is 0 Å². The molecule has 0 spiro atoms. The van der Waals surface area contributed by atoms with E-state index in [1.807, 2.05) is 31.2 Å². The highest BCUT2D eigenvalue weighted by Crippen LogP contribution is 2.23. The second-order valence-corrected chi connectivity index (χ2v) is 4.39. The number of fused-ring (bicyclic) bond motifs is 1. The zero-order chi connectivity index (χ0) is 12.5. The summed E-state index contributed by atoms with van der Waals surface area (Å²) in [5.41, 5.74) is 4.45. The molecule has 0 saturated carbocycles. The Labute approximate surface area is 106 Å². The Balaban J connectivity index is 2.03. The number of hydrogen-bond acceptors (Lipinski definition) is 4. The molecule has 0 unspecified atom stereocenters. The lowest BCUT2D eigenvalue weighted by Crippen LogP contribution is -2.00. The zero-order valence-electron chi connectivity index (χ0n) is 10.5. The summed E-state index contributed by atoms with van der Waals surface area (Å²) in [6, 6.07) is 7.84. The van der Waals surface area contributed by atoms with Crippen LogP contribution in [0.25, 0.3) is 11.4 Å². The average Bonchev–Trinajstić information content (AvgIpc) is 2.88. The molecule has 0 fully saturated rings. The standard InChI is InChI=1S/C14H15N3O/c1-9-12-7-15-8-13(12)17-14(16-9)10-3-5-11(18-2)6-4-10/h3-6,15H,7-8H2,1-2H3. The van der Waals surface area contributed by atoms with Gasteiger partial charge in [-0.15, -0.1) is 0 Å². The predicted octanol–water partition coefficient (Wildman–Crippen LogP) is 2.06. The van der Waals surface area contributed by atoms with Crippen molar-refractivity contribution in [3.63, 3.8) is 0 Å². The molecule has 4 heteroatoms. The Morgan fingerprint density at radius 3 is 2.61 bits per heavy atom. The van der Waals surface area contributed by atoms with Crippen molar-refractivity contribution in [2.45, 2.75) is 20.0 Å².